The van der Waals surface area contributed by atoms with Crippen LogP contribution in [-0.2, 0) is 6.54 Å². The summed E-state index contributed by atoms with van der Waals surface area (Å²) in [6.07, 6.45) is 1.73. The first-order valence-corrected chi connectivity index (χ1v) is 6.86. The Bertz CT molecular complexity index is 445. The van der Waals surface area contributed by atoms with Crippen LogP contribution in [0.4, 0.5) is 0 Å². The lowest BCUT2D eigenvalue weighted by Gasteiger charge is -2.39. The van der Waals surface area contributed by atoms with E-state index in [9.17, 15) is 0 Å². The third-order valence-corrected chi connectivity index (χ3v) is 3.76. The van der Waals surface area contributed by atoms with Crippen LogP contribution < -0.4 is 5.73 Å². The number of amidine groups is 1. The van der Waals surface area contributed by atoms with Crippen molar-refractivity contribution in [3.63, 3.8) is 0 Å². The molecule has 1 aliphatic heterocycles. The van der Waals surface area contributed by atoms with Gasteiger partial charge in [-0.05, 0) is 31.2 Å². The van der Waals surface area contributed by atoms with E-state index in [0.717, 1.165) is 32.7 Å². The Morgan fingerprint density at radius 1 is 1.53 bits per heavy atom. The number of nitrogen functional groups attached to an aromatic ring is 1. The van der Waals surface area contributed by atoms with E-state index in [4.69, 9.17) is 11.1 Å². The van der Waals surface area contributed by atoms with Crippen molar-refractivity contribution < 1.29 is 0 Å². The molecule has 1 fully saturated rings. The fourth-order valence-corrected chi connectivity index (χ4v) is 2.66. The molecule has 0 saturated carbocycles. The van der Waals surface area contributed by atoms with Crippen LogP contribution in [0.2, 0.25) is 0 Å². The summed E-state index contributed by atoms with van der Waals surface area (Å²) >= 11 is 0. The number of hydrogen-bond acceptors (Lipinski definition) is 4. The maximum absolute atomic E-state index is 7.43. The Balaban J connectivity index is 1.98. The molecule has 0 amide bonds. The molecule has 5 nitrogen and oxygen atoms in total. The van der Waals surface area contributed by atoms with Gasteiger partial charge in [0.25, 0.3) is 0 Å². The summed E-state index contributed by atoms with van der Waals surface area (Å²) in [5.74, 6) is 0.0334. The van der Waals surface area contributed by atoms with Crippen LogP contribution in [0.25, 0.3) is 0 Å². The summed E-state index contributed by atoms with van der Waals surface area (Å²) in [4.78, 5) is 9.05. The molecule has 1 unspecified atom stereocenters. The average Bonchev–Trinajstić information content (AvgIpc) is 2.39. The number of piperazine rings is 1. The minimum Gasteiger partial charge on any atom is -0.382 e. The maximum atomic E-state index is 7.43. The predicted octanol–water partition coefficient (Wildman–Crippen LogP) is 0.892. The Morgan fingerprint density at radius 3 is 2.95 bits per heavy atom. The van der Waals surface area contributed by atoms with Crippen molar-refractivity contribution >= 4 is 5.84 Å². The zero-order valence-corrected chi connectivity index (χ0v) is 11.8. The van der Waals surface area contributed by atoms with Gasteiger partial charge >= 0.3 is 0 Å². The van der Waals surface area contributed by atoms with E-state index >= 15 is 0 Å². The zero-order valence-electron chi connectivity index (χ0n) is 11.8. The quantitative estimate of drug-likeness (QED) is 0.624. The van der Waals surface area contributed by atoms with E-state index in [-0.39, 0.29) is 5.84 Å². The number of rotatable bonds is 4. The molecular weight excluding hydrogens is 238 g/mol. The van der Waals surface area contributed by atoms with Gasteiger partial charge < -0.3 is 5.73 Å². The van der Waals surface area contributed by atoms with Gasteiger partial charge in [0, 0.05) is 38.4 Å². The van der Waals surface area contributed by atoms with E-state index in [1.54, 1.807) is 6.20 Å². The SMILES string of the molecule is CCN1CCN(Cc2ccnc(C(=N)N)c2)CC1C. The van der Waals surface area contributed by atoms with Gasteiger partial charge in [-0.3, -0.25) is 20.2 Å². The second-order valence-electron chi connectivity index (χ2n) is 5.18. The van der Waals surface area contributed by atoms with Crippen molar-refractivity contribution in [2.24, 2.45) is 5.73 Å². The van der Waals surface area contributed by atoms with Crippen molar-refractivity contribution in [1.29, 1.82) is 5.41 Å². The summed E-state index contributed by atoms with van der Waals surface area (Å²) < 4.78 is 0. The molecule has 0 radical (unpaired) electrons. The monoisotopic (exact) mass is 261 g/mol. The number of likely N-dealkylation sites (N-methyl/N-ethyl adjacent to an activating group) is 1. The van der Waals surface area contributed by atoms with Gasteiger partial charge in [0.2, 0.25) is 0 Å². The minimum absolute atomic E-state index is 0.0334. The third kappa shape index (κ3) is 3.52. The second kappa shape index (κ2) is 6.12. The molecule has 1 aromatic heterocycles. The normalized spacial score (nSPS) is 21.5. The predicted molar refractivity (Wildman–Crippen MR) is 77.2 cm³/mol. The molecule has 19 heavy (non-hydrogen) atoms. The number of pyridine rings is 1. The fourth-order valence-electron chi connectivity index (χ4n) is 2.66. The summed E-state index contributed by atoms with van der Waals surface area (Å²) in [7, 11) is 0. The lowest BCUT2D eigenvalue weighted by atomic mass is 10.1. The van der Waals surface area contributed by atoms with Gasteiger partial charge in [-0.15, -0.1) is 0 Å². The van der Waals surface area contributed by atoms with Crippen LogP contribution in [-0.4, -0.2) is 52.8 Å². The van der Waals surface area contributed by atoms with Crippen LogP contribution in [0.15, 0.2) is 18.3 Å². The molecule has 1 aliphatic rings. The molecule has 104 valence electrons. The first kappa shape index (κ1) is 14.0. The highest BCUT2D eigenvalue weighted by atomic mass is 15.3. The molecule has 2 heterocycles. The minimum atomic E-state index is 0.0334. The molecule has 5 heteroatoms. The highest BCUT2D eigenvalue weighted by molar-refractivity contribution is 5.93. The number of nitrogens with zero attached hydrogens (tertiary/aromatic N) is 3. The van der Waals surface area contributed by atoms with Gasteiger partial charge in [-0.2, -0.15) is 0 Å². The molecule has 0 aromatic carbocycles. The van der Waals surface area contributed by atoms with Crippen LogP contribution in [0.5, 0.6) is 0 Å². The molecule has 1 aromatic rings. The summed E-state index contributed by atoms with van der Waals surface area (Å²) in [5, 5.41) is 7.43. The first-order chi connectivity index (χ1) is 9.10. The number of nitrogens with one attached hydrogen (secondary N) is 1. The topological polar surface area (TPSA) is 69.2 Å². The van der Waals surface area contributed by atoms with Gasteiger partial charge in [-0.25, -0.2) is 0 Å². The maximum Gasteiger partial charge on any atom is 0.141 e. The Morgan fingerprint density at radius 2 is 2.32 bits per heavy atom. The second-order valence-corrected chi connectivity index (χ2v) is 5.18. The highest BCUT2D eigenvalue weighted by Crippen LogP contribution is 2.13. The molecule has 3 N–H and O–H groups in total. The van der Waals surface area contributed by atoms with Crippen molar-refractivity contribution in [2.75, 3.05) is 26.2 Å². The lowest BCUT2D eigenvalue weighted by molar-refractivity contribution is 0.0834. The Labute approximate surface area is 114 Å². The van der Waals surface area contributed by atoms with Crippen molar-refractivity contribution in [3.05, 3.63) is 29.6 Å². The van der Waals surface area contributed by atoms with Crippen LogP contribution >= 0.6 is 0 Å². The van der Waals surface area contributed by atoms with Gasteiger partial charge in [-0.1, -0.05) is 6.92 Å². The summed E-state index contributed by atoms with van der Waals surface area (Å²) in [6.45, 7) is 9.84. The largest absolute Gasteiger partial charge is 0.382 e. The standard InChI is InChI=1S/C14H23N5/c1-3-19-7-6-18(9-11(19)2)10-12-4-5-17-13(8-12)14(15)16/h4-5,8,11H,3,6-7,9-10H2,1-2H3,(H3,15,16). The molecule has 0 aliphatic carbocycles. The van der Waals surface area contributed by atoms with Gasteiger partial charge in [0.1, 0.15) is 11.5 Å². The first-order valence-electron chi connectivity index (χ1n) is 6.86. The molecule has 1 atom stereocenters. The molecule has 0 spiro atoms. The number of hydrogen-bond donors (Lipinski definition) is 2. The van der Waals surface area contributed by atoms with Crippen molar-refractivity contribution in [2.45, 2.75) is 26.4 Å². The third-order valence-electron chi connectivity index (χ3n) is 3.76. The van der Waals surface area contributed by atoms with E-state index in [0.29, 0.717) is 11.7 Å². The van der Waals surface area contributed by atoms with E-state index < -0.39 is 0 Å². The fraction of sp³-hybridized carbons (Fsp3) is 0.571. The van der Waals surface area contributed by atoms with E-state index in [2.05, 4.69) is 28.6 Å². The number of aromatic nitrogens is 1. The summed E-state index contributed by atoms with van der Waals surface area (Å²) in [5.41, 5.74) is 7.22. The molecule has 0 bridgehead atoms. The van der Waals surface area contributed by atoms with Crippen LogP contribution in [0.3, 0.4) is 0 Å². The van der Waals surface area contributed by atoms with Crippen LogP contribution in [0.1, 0.15) is 25.1 Å². The Kier molecular flexibility index (Phi) is 4.50. The zero-order chi connectivity index (χ0) is 13.8. The number of nitrogens with two attached hydrogens (primary N) is 1. The highest BCUT2D eigenvalue weighted by Gasteiger charge is 2.22. The van der Waals surface area contributed by atoms with Gasteiger partial charge in [0.15, 0.2) is 0 Å². The van der Waals surface area contributed by atoms with E-state index in [1.165, 1.54) is 5.56 Å². The van der Waals surface area contributed by atoms with Crippen LogP contribution in [0, 0.1) is 5.41 Å². The molecule has 2 rings (SSSR count). The van der Waals surface area contributed by atoms with Crippen molar-refractivity contribution in [3.8, 4) is 0 Å². The average molecular weight is 261 g/mol. The molecular formula is C14H23N5. The molecule has 1 saturated heterocycles. The smallest absolute Gasteiger partial charge is 0.141 e. The Hall–Kier alpha value is -1.46. The summed E-state index contributed by atoms with van der Waals surface area (Å²) in [6, 6.07) is 4.52. The van der Waals surface area contributed by atoms with E-state index in [1.807, 2.05) is 12.1 Å². The lowest BCUT2D eigenvalue weighted by Crippen LogP contribution is -2.51. The van der Waals surface area contributed by atoms with Crippen molar-refractivity contribution in [1.82, 2.24) is 14.8 Å². The van der Waals surface area contributed by atoms with Gasteiger partial charge in [0.05, 0.1) is 0 Å².